The fourth-order valence-corrected chi connectivity index (χ4v) is 1.49. The Morgan fingerprint density at radius 1 is 1.75 bits per heavy atom. The van der Waals surface area contributed by atoms with E-state index in [1.165, 1.54) is 19.4 Å². The fourth-order valence-electron chi connectivity index (χ4n) is 1.34. The molecule has 0 aliphatic heterocycles. The molecule has 0 spiro atoms. The van der Waals surface area contributed by atoms with Gasteiger partial charge in [-0.15, -0.1) is 0 Å². The maximum Gasteiger partial charge on any atom is 0.341 e. The van der Waals surface area contributed by atoms with E-state index in [4.69, 9.17) is 11.6 Å². The fraction of sp³-hybridized carbons (Fsp3) is 0.400. The molecule has 2 atom stereocenters. The number of rotatable bonds is 3. The van der Waals surface area contributed by atoms with E-state index in [0.717, 1.165) is 0 Å². The molecule has 1 heterocycles. The van der Waals surface area contributed by atoms with Crippen molar-refractivity contribution in [1.82, 2.24) is 4.98 Å². The molecule has 0 radical (unpaired) electrons. The third-order valence-electron chi connectivity index (χ3n) is 2.33. The van der Waals surface area contributed by atoms with Gasteiger partial charge in [-0.05, 0) is 6.07 Å². The highest BCUT2D eigenvalue weighted by molar-refractivity contribution is 6.29. The zero-order chi connectivity index (χ0) is 11.7. The molecule has 1 aliphatic rings. The molecule has 86 valence electrons. The molecule has 1 aromatic heterocycles. The summed E-state index contributed by atoms with van der Waals surface area (Å²) in [5.41, 5.74) is 0.711. The molecular formula is C10H10ClFN2O2. The Bertz CT molecular complexity index is 427. The van der Waals surface area contributed by atoms with Crippen molar-refractivity contribution in [3.8, 4) is 0 Å². The molecule has 6 heteroatoms. The van der Waals surface area contributed by atoms with Gasteiger partial charge in [0.15, 0.2) is 0 Å². The van der Waals surface area contributed by atoms with E-state index in [1.54, 1.807) is 0 Å². The molecule has 1 N–H and O–H groups in total. The Morgan fingerprint density at radius 3 is 3.00 bits per heavy atom. The predicted octanol–water partition coefficient (Wildman–Crippen LogP) is 2.04. The first kappa shape index (κ1) is 11.1. The highest BCUT2D eigenvalue weighted by Gasteiger charge is 2.38. The average Bonchev–Trinajstić information content (AvgIpc) is 2.93. The SMILES string of the molecule is COC(=O)c1cnc(Cl)cc1N[C@H]1C[C@H]1F. The van der Waals surface area contributed by atoms with Crippen LogP contribution in [0, 0.1) is 0 Å². The number of pyridine rings is 1. The summed E-state index contributed by atoms with van der Waals surface area (Å²) in [5, 5.41) is 3.13. The molecule has 2 rings (SSSR count). The van der Waals surface area contributed by atoms with Crippen LogP contribution in [0.15, 0.2) is 12.3 Å². The van der Waals surface area contributed by atoms with Gasteiger partial charge in [-0.3, -0.25) is 0 Å². The minimum absolute atomic E-state index is 0.242. The number of ether oxygens (including phenoxy) is 1. The molecular weight excluding hydrogens is 235 g/mol. The summed E-state index contributed by atoms with van der Waals surface area (Å²) in [5.74, 6) is -0.525. The van der Waals surface area contributed by atoms with Gasteiger partial charge in [0.05, 0.1) is 18.8 Å². The first-order chi connectivity index (χ1) is 7.61. The predicted molar refractivity (Wildman–Crippen MR) is 57.5 cm³/mol. The number of hydrogen-bond donors (Lipinski definition) is 1. The summed E-state index contributed by atoms with van der Waals surface area (Å²) in [7, 11) is 1.27. The van der Waals surface area contributed by atoms with Crippen molar-refractivity contribution in [3.63, 3.8) is 0 Å². The lowest BCUT2D eigenvalue weighted by molar-refractivity contribution is 0.0601. The van der Waals surface area contributed by atoms with Crippen LogP contribution < -0.4 is 5.32 Å². The van der Waals surface area contributed by atoms with E-state index < -0.39 is 12.1 Å². The second-order valence-electron chi connectivity index (χ2n) is 3.55. The Balaban J connectivity index is 2.25. The van der Waals surface area contributed by atoms with Crippen molar-refractivity contribution in [2.75, 3.05) is 12.4 Å². The van der Waals surface area contributed by atoms with Crippen LogP contribution in [-0.4, -0.2) is 30.3 Å². The van der Waals surface area contributed by atoms with Crippen LogP contribution in [0.25, 0.3) is 0 Å². The Labute approximate surface area is 96.8 Å². The first-order valence-electron chi connectivity index (χ1n) is 4.76. The molecule has 1 aliphatic carbocycles. The molecule has 1 saturated carbocycles. The number of anilines is 1. The van der Waals surface area contributed by atoms with Crippen molar-refractivity contribution in [3.05, 3.63) is 23.0 Å². The summed E-state index contributed by atoms with van der Waals surface area (Å²) in [6, 6.07) is 1.24. The maximum atomic E-state index is 12.7. The van der Waals surface area contributed by atoms with Crippen LogP contribution in [0.3, 0.4) is 0 Å². The van der Waals surface area contributed by atoms with Crippen LogP contribution in [0.2, 0.25) is 5.15 Å². The van der Waals surface area contributed by atoms with Crippen LogP contribution >= 0.6 is 11.6 Å². The standard InChI is InChI=1S/C10H10ClFN2O2/c1-16-10(15)5-4-13-9(11)3-7(5)14-8-2-6(8)12/h3-4,6,8H,2H2,1H3,(H,13,14)/t6-,8+/m1/s1. The quantitative estimate of drug-likeness (QED) is 0.653. The van der Waals surface area contributed by atoms with Gasteiger partial charge < -0.3 is 10.1 Å². The molecule has 0 unspecified atom stereocenters. The van der Waals surface area contributed by atoms with E-state index >= 15 is 0 Å². The van der Waals surface area contributed by atoms with Crippen LogP contribution in [-0.2, 0) is 4.74 Å². The summed E-state index contributed by atoms with van der Waals surface area (Å²) in [4.78, 5) is 15.2. The number of esters is 1. The lowest BCUT2D eigenvalue weighted by atomic mass is 10.2. The topological polar surface area (TPSA) is 51.2 Å². The number of alkyl halides is 1. The molecule has 1 fully saturated rings. The summed E-state index contributed by atoms with van der Waals surface area (Å²) >= 11 is 5.71. The monoisotopic (exact) mass is 244 g/mol. The number of halogens is 2. The molecule has 0 amide bonds. The van der Waals surface area contributed by atoms with E-state index in [2.05, 4.69) is 15.0 Å². The largest absolute Gasteiger partial charge is 0.465 e. The first-order valence-corrected chi connectivity index (χ1v) is 5.14. The number of nitrogens with zero attached hydrogens (tertiary/aromatic N) is 1. The van der Waals surface area contributed by atoms with Crippen LogP contribution in [0.1, 0.15) is 16.8 Å². The van der Waals surface area contributed by atoms with Gasteiger partial charge in [0.25, 0.3) is 0 Å². The number of methoxy groups -OCH3 is 1. The maximum absolute atomic E-state index is 12.7. The smallest absolute Gasteiger partial charge is 0.341 e. The number of carbonyl (C=O) groups is 1. The Hall–Kier alpha value is -1.36. The molecule has 4 nitrogen and oxygen atoms in total. The highest BCUT2D eigenvalue weighted by Crippen LogP contribution is 2.31. The number of aromatic nitrogens is 1. The molecule has 0 saturated heterocycles. The minimum Gasteiger partial charge on any atom is -0.465 e. The second-order valence-corrected chi connectivity index (χ2v) is 3.93. The number of carbonyl (C=O) groups excluding carboxylic acids is 1. The van der Waals surface area contributed by atoms with E-state index in [0.29, 0.717) is 12.1 Å². The number of nitrogens with one attached hydrogen (secondary N) is 1. The van der Waals surface area contributed by atoms with Gasteiger partial charge in [0, 0.05) is 12.6 Å². The van der Waals surface area contributed by atoms with Gasteiger partial charge in [-0.25, -0.2) is 14.2 Å². The normalized spacial score (nSPS) is 22.7. The number of hydrogen-bond acceptors (Lipinski definition) is 4. The van der Waals surface area contributed by atoms with Crippen molar-refractivity contribution in [2.24, 2.45) is 0 Å². The van der Waals surface area contributed by atoms with Gasteiger partial charge in [0.2, 0.25) is 0 Å². The zero-order valence-electron chi connectivity index (χ0n) is 8.54. The van der Waals surface area contributed by atoms with E-state index in [-0.39, 0.29) is 16.8 Å². The van der Waals surface area contributed by atoms with Gasteiger partial charge in [0.1, 0.15) is 16.9 Å². The Morgan fingerprint density at radius 2 is 2.44 bits per heavy atom. The van der Waals surface area contributed by atoms with Crippen molar-refractivity contribution >= 4 is 23.3 Å². The van der Waals surface area contributed by atoms with Gasteiger partial charge >= 0.3 is 5.97 Å². The summed E-state index contributed by atoms with van der Waals surface area (Å²) in [6.07, 6.45) is 0.893. The third kappa shape index (κ3) is 2.24. The van der Waals surface area contributed by atoms with Gasteiger partial charge in [-0.1, -0.05) is 11.6 Å². The summed E-state index contributed by atoms with van der Waals surface area (Å²) < 4.78 is 17.3. The highest BCUT2D eigenvalue weighted by atomic mass is 35.5. The lowest BCUT2D eigenvalue weighted by Crippen LogP contribution is -2.11. The van der Waals surface area contributed by atoms with Crippen molar-refractivity contribution < 1.29 is 13.9 Å². The second kappa shape index (κ2) is 4.25. The van der Waals surface area contributed by atoms with Crippen molar-refractivity contribution in [1.29, 1.82) is 0 Å². The lowest BCUT2D eigenvalue weighted by Gasteiger charge is -2.09. The minimum atomic E-state index is -0.863. The Kier molecular flexibility index (Phi) is 2.96. The molecule has 0 aromatic carbocycles. The van der Waals surface area contributed by atoms with Gasteiger partial charge in [-0.2, -0.15) is 0 Å². The molecule has 0 bridgehead atoms. The third-order valence-corrected chi connectivity index (χ3v) is 2.54. The van der Waals surface area contributed by atoms with E-state index in [9.17, 15) is 9.18 Å². The van der Waals surface area contributed by atoms with Crippen LogP contribution in [0.4, 0.5) is 10.1 Å². The molecule has 16 heavy (non-hydrogen) atoms. The van der Waals surface area contributed by atoms with Crippen LogP contribution in [0.5, 0.6) is 0 Å². The zero-order valence-corrected chi connectivity index (χ0v) is 9.29. The average molecular weight is 245 g/mol. The van der Waals surface area contributed by atoms with E-state index in [1.807, 2.05) is 0 Å². The van der Waals surface area contributed by atoms with Crippen molar-refractivity contribution in [2.45, 2.75) is 18.6 Å². The molecule has 1 aromatic rings. The summed E-state index contributed by atoms with van der Waals surface area (Å²) in [6.45, 7) is 0.